The average molecular weight is 258 g/mol. The number of rotatable bonds is 4. The van der Waals surface area contributed by atoms with Crippen molar-refractivity contribution in [3.8, 4) is 0 Å². The molecule has 0 bridgehead atoms. The van der Waals surface area contributed by atoms with Gasteiger partial charge in [-0.25, -0.2) is 4.98 Å². The van der Waals surface area contributed by atoms with E-state index in [1.165, 1.54) is 0 Å². The van der Waals surface area contributed by atoms with E-state index in [0.717, 1.165) is 11.5 Å². The third-order valence-corrected chi connectivity index (χ3v) is 2.77. The Morgan fingerprint density at radius 1 is 1.37 bits per heavy atom. The first-order chi connectivity index (χ1) is 9.06. The molecule has 1 aromatic carbocycles. The molecule has 2 rings (SSSR count). The average Bonchev–Trinajstić information content (AvgIpc) is 2.80. The number of carbonyl (C=O) groups excluding carboxylic acids is 1. The normalized spacial score (nSPS) is 10.7. The predicted molar refractivity (Wildman–Crippen MR) is 75.8 cm³/mol. The fraction of sp³-hybridized carbons (Fsp3) is 0.286. The Morgan fingerprint density at radius 3 is 2.68 bits per heavy atom. The maximum atomic E-state index is 11.9. The summed E-state index contributed by atoms with van der Waals surface area (Å²) in [5.74, 6) is 1.12. The van der Waals surface area contributed by atoms with Gasteiger partial charge in [0.25, 0.3) is 0 Å². The summed E-state index contributed by atoms with van der Waals surface area (Å²) < 4.78 is 1.86. The molecule has 5 nitrogen and oxygen atoms in total. The first-order valence-corrected chi connectivity index (χ1v) is 6.22. The smallest absolute Gasteiger partial charge is 0.244 e. The van der Waals surface area contributed by atoms with Gasteiger partial charge in [0.15, 0.2) is 0 Å². The first kappa shape index (κ1) is 13.1. The molecule has 0 aliphatic heterocycles. The summed E-state index contributed by atoms with van der Waals surface area (Å²) in [4.78, 5) is 16.2. The van der Waals surface area contributed by atoms with Crippen molar-refractivity contribution >= 4 is 17.3 Å². The van der Waals surface area contributed by atoms with Crippen LogP contribution in [0.3, 0.4) is 0 Å². The number of amides is 1. The molecular weight excluding hydrogens is 240 g/mol. The van der Waals surface area contributed by atoms with E-state index in [-0.39, 0.29) is 12.5 Å². The second-order valence-corrected chi connectivity index (χ2v) is 4.74. The van der Waals surface area contributed by atoms with Gasteiger partial charge in [0.05, 0.1) is 0 Å². The summed E-state index contributed by atoms with van der Waals surface area (Å²) in [6.45, 7) is 4.37. The van der Waals surface area contributed by atoms with Crippen molar-refractivity contribution in [3.63, 3.8) is 0 Å². The number of nitrogens with two attached hydrogens (primary N) is 1. The molecule has 0 saturated heterocycles. The molecule has 0 unspecified atom stereocenters. The molecule has 0 spiro atoms. The molecule has 19 heavy (non-hydrogen) atoms. The van der Waals surface area contributed by atoms with Crippen LogP contribution in [0.4, 0.5) is 11.4 Å². The van der Waals surface area contributed by atoms with E-state index in [9.17, 15) is 4.79 Å². The van der Waals surface area contributed by atoms with Crippen LogP contribution in [0.15, 0.2) is 36.7 Å². The van der Waals surface area contributed by atoms with Crippen LogP contribution in [-0.2, 0) is 11.3 Å². The minimum absolute atomic E-state index is 0.0790. The molecule has 1 aromatic heterocycles. The minimum Gasteiger partial charge on any atom is -0.399 e. The number of anilines is 2. The van der Waals surface area contributed by atoms with E-state index >= 15 is 0 Å². The Hall–Kier alpha value is -2.30. The molecule has 0 aliphatic carbocycles. The third kappa shape index (κ3) is 3.34. The van der Waals surface area contributed by atoms with E-state index in [1.54, 1.807) is 30.5 Å². The lowest BCUT2D eigenvalue weighted by Crippen LogP contribution is -2.20. The molecular formula is C14H18N4O. The van der Waals surface area contributed by atoms with E-state index in [2.05, 4.69) is 24.1 Å². The zero-order chi connectivity index (χ0) is 13.8. The van der Waals surface area contributed by atoms with Crippen LogP contribution < -0.4 is 11.1 Å². The monoisotopic (exact) mass is 258 g/mol. The molecule has 1 amide bonds. The van der Waals surface area contributed by atoms with Crippen LogP contribution >= 0.6 is 0 Å². The molecule has 0 atom stereocenters. The second kappa shape index (κ2) is 5.56. The highest BCUT2D eigenvalue weighted by atomic mass is 16.1. The highest BCUT2D eigenvalue weighted by molar-refractivity contribution is 5.90. The van der Waals surface area contributed by atoms with Crippen LogP contribution in [0.5, 0.6) is 0 Å². The molecule has 0 saturated carbocycles. The maximum Gasteiger partial charge on any atom is 0.244 e. The van der Waals surface area contributed by atoms with Gasteiger partial charge in [-0.15, -0.1) is 0 Å². The Morgan fingerprint density at radius 2 is 2.05 bits per heavy atom. The van der Waals surface area contributed by atoms with Gasteiger partial charge in [-0.1, -0.05) is 13.8 Å². The molecule has 3 N–H and O–H groups in total. The number of carbonyl (C=O) groups is 1. The lowest BCUT2D eigenvalue weighted by atomic mass is 10.2. The van der Waals surface area contributed by atoms with Gasteiger partial charge in [0, 0.05) is 29.7 Å². The Labute approximate surface area is 112 Å². The number of aromatic nitrogens is 2. The lowest BCUT2D eigenvalue weighted by Gasteiger charge is -2.10. The van der Waals surface area contributed by atoms with Crippen LogP contribution in [0.1, 0.15) is 25.6 Å². The summed E-state index contributed by atoms with van der Waals surface area (Å²) in [5, 5.41) is 2.83. The Bertz CT molecular complexity index is 557. The van der Waals surface area contributed by atoms with Gasteiger partial charge in [0.1, 0.15) is 12.4 Å². The van der Waals surface area contributed by atoms with Gasteiger partial charge in [-0.05, 0) is 24.3 Å². The topological polar surface area (TPSA) is 72.9 Å². The van der Waals surface area contributed by atoms with E-state index in [0.29, 0.717) is 11.6 Å². The van der Waals surface area contributed by atoms with Gasteiger partial charge >= 0.3 is 0 Å². The first-order valence-electron chi connectivity index (χ1n) is 6.22. The minimum atomic E-state index is -0.0790. The number of imidazole rings is 1. The van der Waals surface area contributed by atoms with Gasteiger partial charge in [-0.2, -0.15) is 0 Å². The molecule has 0 fully saturated rings. The van der Waals surface area contributed by atoms with Crippen molar-refractivity contribution < 1.29 is 4.79 Å². The summed E-state index contributed by atoms with van der Waals surface area (Å²) in [5.41, 5.74) is 7.01. The number of hydrogen-bond donors (Lipinski definition) is 2. The Balaban J connectivity index is 2.01. The number of hydrogen-bond acceptors (Lipinski definition) is 3. The molecule has 1 heterocycles. The number of benzene rings is 1. The predicted octanol–water partition coefficient (Wildman–Crippen LogP) is 2.23. The van der Waals surface area contributed by atoms with Gasteiger partial charge in [0.2, 0.25) is 5.91 Å². The van der Waals surface area contributed by atoms with Crippen LogP contribution in [0, 0.1) is 0 Å². The van der Waals surface area contributed by atoms with E-state index < -0.39 is 0 Å². The van der Waals surface area contributed by atoms with Crippen molar-refractivity contribution in [2.45, 2.75) is 26.3 Å². The summed E-state index contributed by atoms with van der Waals surface area (Å²) in [6, 6.07) is 7.08. The SMILES string of the molecule is CC(C)c1nccn1CC(=O)Nc1ccc(N)cc1. The number of nitrogens with one attached hydrogen (secondary N) is 1. The standard InChI is InChI=1S/C14H18N4O/c1-10(2)14-16-7-8-18(14)9-13(19)17-12-5-3-11(15)4-6-12/h3-8,10H,9,15H2,1-2H3,(H,17,19). The summed E-state index contributed by atoms with van der Waals surface area (Å²) in [7, 11) is 0. The van der Waals surface area contributed by atoms with E-state index in [4.69, 9.17) is 5.73 Å². The summed E-state index contributed by atoms with van der Waals surface area (Å²) >= 11 is 0. The van der Waals surface area contributed by atoms with Crippen molar-refractivity contribution in [2.24, 2.45) is 0 Å². The number of nitrogens with zero attached hydrogens (tertiary/aromatic N) is 2. The fourth-order valence-electron chi connectivity index (χ4n) is 1.88. The van der Waals surface area contributed by atoms with E-state index in [1.807, 2.05) is 10.8 Å². The maximum absolute atomic E-state index is 11.9. The van der Waals surface area contributed by atoms with Crippen LogP contribution in [-0.4, -0.2) is 15.5 Å². The lowest BCUT2D eigenvalue weighted by molar-refractivity contribution is -0.116. The van der Waals surface area contributed by atoms with Crippen molar-refractivity contribution in [3.05, 3.63) is 42.5 Å². The van der Waals surface area contributed by atoms with Gasteiger partial charge in [-0.3, -0.25) is 4.79 Å². The number of nitrogen functional groups attached to an aromatic ring is 1. The van der Waals surface area contributed by atoms with Crippen molar-refractivity contribution in [1.29, 1.82) is 0 Å². The molecule has 100 valence electrons. The van der Waals surface area contributed by atoms with Crippen LogP contribution in [0.2, 0.25) is 0 Å². The zero-order valence-corrected chi connectivity index (χ0v) is 11.1. The van der Waals surface area contributed by atoms with Gasteiger partial charge < -0.3 is 15.6 Å². The molecule has 2 aromatic rings. The third-order valence-electron chi connectivity index (χ3n) is 2.77. The van der Waals surface area contributed by atoms with Crippen molar-refractivity contribution in [2.75, 3.05) is 11.1 Å². The molecule has 0 radical (unpaired) electrons. The Kier molecular flexibility index (Phi) is 3.85. The van der Waals surface area contributed by atoms with Crippen LogP contribution in [0.25, 0.3) is 0 Å². The zero-order valence-electron chi connectivity index (χ0n) is 11.1. The highest BCUT2D eigenvalue weighted by Crippen LogP contribution is 2.13. The summed E-state index contributed by atoms with van der Waals surface area (Å²) in [6.07, 6.45) is 3.53. The quantitative estimate of drug-likeness (QED) is 0.826. The van der Waals surface area contributed by atoms with Crippen molar-refractivity contribution in [1.82, 2.24) is 9.55 Å². The fourth-order valence-corrected chi connectivity index (χ4v) is 1.88. The second-order valence-electron chi connectivity index (χ2n) is 4.74. The molecule has 0 aliphatic rings. The highest BCUT2D eigenvalue weighted by Gasteiger charge is 2.10. The molecule has 5 heteroatoms. The largest absolute Gasteiger partial charge is 0.399 e.